The molecule has 0 spiro atoms. The third-order valence-corrected chi connectivity index (χ3v) is 5.05. The van der Waals surface area contributed by atoms with Gasteiger partial charge in [0.25, 0.3) is 0 Å². The van der Waals surface area contributed by atoms with Gasteiger partial charge in [0, 0.05) is 30.4 Å². The Balaban J connectivity index is 1.50. The van der Waals surface area contributed by atoms with Crippen molar-refractivity contribution in [3.63, 3.8) is 0 Å². The van der Waals surface area contributed by atoms with E-state index in [1.807, 2.05) is 18.3 Å². The van der Waals surface area contributed by atoms with Crippen molar-refractivity contribution in [3.05, 3.63) is 40.2 Å². The SMILES string of the molecule is CCn1ncc2c1CCC[C@H]2NCc1cc(Cl)c2c(c1)OCCO2. The second-order valence-corrected chi connectivity index (χ2v) is 6.70. The van der Waals surface area contributed by atoms with Crippen LogP contribution in [0.15, 0.2) is 18.3 Å². The fourth-order valence-electron chi connectivity index (χ4n) is 3.61. The lowest BCUT2D eigenvalue weighted by molar-refractivity contribution is 0.171. The van der Waals surface area contributed by atoms with Gasteiger partial charge in [-0.3, -0.25) is 4.68 Å². The highest BCUT2D eigenvalue weighted by Gasteiger charge is 2.24. The first-order valence-electron chi connectivity index (χ1n) is 8.62. The summed E-state index contributed by atoms with van der Waals surface area (Å²) < 4.78 is 13.4. The number of hydrogen-bond acceptors (Lipinski definition) is 4. The largest absolute Gasteiger partial charge is 0.486 e. The highest BCUT2D eigenvalue weighted by Crippen LogP contribution is 2.38. The number of hydrogen-bond donors (Lipinski definition) is 1. The number of benzene rings is 1. The second-order valence-electron chi connectivity index (χ2n) is 6.29. The minimum absolute atomic E-state index is 0.348. The summed E-state index contributed by atoms with van der Waals surface area (Å²) in [6, 6.07) is 4.33. The van der Waals surface area contributed by atoms with Gasteiger partial charge >= 0.3 is 0 Å². The first kappa shape index (κ1) is 15.8. The monoisotopic (exact) mass is 347 g/mol. The van der Waals surface area contributed by atoms with Crippen LogP contribution in [-0.2, 0) is 19.5 Å². The summed E-state index contributed by atoms with van der Waals surface area (Å²) >= 11 is 6.33. The lowest BCUT2D eigenvalue weighted by Gasteiger charge is -2.25. The van der Waals surface area contributed by atoms with E-state index in [0.717, 1.165) is 37.2 Å². The summed E-state index contributed by atoms with van der Waals surface area (Å²) in [5.41, 5.74) is 3.83. The summed E-state index contributed by atoms with van der Waals surface area (Å²) in [7, 11) is 0. The van der Waals surface area contributed by atoms with Crippen LogP contribution in [0.3, 0.4) is 0 Å². The molecule has 1 aromatic heterocycles. The maximum atomic E-state index is 6.33. The van der Waals surface area contributed by atoms with Gasteiger partial charge in [-0.25, -0.2) is 0 Å². The van der Waals surface area contributed by atoms with Crippen LogP contribution in [0.1, 0.15) is 42.6 Å². The van der Waals surface area contributed by atoms with Gasteiger partial charge in [0.15, 0.2) is 11.5 Å². The summed E-state index contributed by atoms with van der Waals surface area (Å²) in [4.78, 5) is 0. The molecule has 1 aromatic carbocycles. The molecule has 0 unspecified atom stereocenters. The average molecular weight is 348 g/mol. The quantitative estimate of drug-likeness (QED) is 0.919. The highest BCUT2D eigenvalue weighted by molar-refractivity contribution is 6.32. The molecular weight excluding hydrogens is 326 g/mol. The van der Waals surface area contributed by atoms with Crippen molar-refractivity contribution in [2.75, 3.05) is 13.2 Å². The van der Waals surface area contributed by atoms with Crippen molar-refractivity contribution in [3.8, 4) is 11.5 Å². The molecular formula is C18H22ClN3O2. The van der Waals surface area contributed by atoms with Gasteiger partial charge in [0.1, 0.15) is 13.2 Å². The van der Waals surface area contributed by atoms with Crippen molar-refractivity contribution in [1.29, 1.82) is 0 Å². The van der Waals surface area contributed by atoms with Gasteiger partial charge in [-0.15, -0.1) is 0 Å². The topological polar surface area (TPSA) is 48.3 Å². The number of nitrogens with one attached hydrogen (secondary N) is 1. The molecule has 4 rings (SSSR count). The fourth-order valence-corrected chi connectivity index (χ4v) is 3.90. The number of nitrogens with zero attached hydrogens (tertiary/aromatic N) is 2. The van der Waals surface area contributed by atoms with Crippen LogP contribution in [0.25, 0.3) is 0 Å². The van der Waals surface area contributed by atoms with Gasteiger partial charge in [-0.05, 0) is 43.9 Å². The molecule has 1 atom stereocenters. The predicted molar refractivity (Wildman–Crippen MR) is 92.9 cm³/mol. The van der Waals surface area contributed by atoms with Crippen LogP contribution in [0, 0.1) is 0 Å². The Morgan fingerprint density at radius 2 is 2.21 bits per heavy atom. The Bertz CT molecular complexity index is 744. The van der Waals surface area contributed by atoms with E-state index < -0.39 is 0 Å². The van der Waals surface area contributed by atoms with E-state index in [0.29, 0.717) is 30.0 Å². The number of ether oxygens (including phenoxy) is 2. The first-order valence-corrected chi connectivity index (χ1v) is 9.00. The molecule has 0 saturated heterocycles. The van der Waals surface area contributed by atoms with E-state index in [1.165, 1.54) is 17.7 Å². The molecule has 0 saturated carbocycles. The minimum atomic E-state index is 0.348. The molecule has 0 bridgehead atoms. The lowest BCUT2D eigenvalue weighted by atomic mass is 9.93. The predicted octanol–water partition coefficient (Wildman–Crippen LogP) is 3.49. The normalized spacial score (nSPS) is 19.2. The summed E-state index contributed by atoms with van der Waals surface area (Å²) in [5.74, 6) is 1.41. The van der Waals surface area contributed by atoms with Crippen molar-refractivity contribution in [1.82, 2.24) is 15.1 Å². The van der Waals surface area contributed by atoms with Crippen LogP contribution in [0.2, 0.25) is 5.02 Å². The zero-order valence-electron chi connectivity index (χ0n) is 13.8. The van der Waals surface area contributed by atoms with Crippen LogP contribution in [-0.4, -0.2) is 23.0 Å². The summed E-state index contributed by atoms with van der Waals surface area (Å²) in [6.07, 6.45) is 5.47. The zero-order valence-corrected chi connectivity index (χ0v) is 14.6. The van der Waals surface area contributed by atoms with Gasteiger partial charge in [0.2, 0.25) is 0 Å². The minimum Gasteiger partial charge on any atom is -0.486 e. The van der Waals surface area contributed by atoms with Gasteiger partial charge in [0.05, 0.1) is 11.2 Å². The van der Waals surface area contributed by atoms with E-state index in [4.69, 9.17) is 21.1 Å². The van der Waals surface area contributed by atoms with Gasteiger partial charge in [-0.1, -0.05) is 11.6 Å². The first-order chi connectivity index (χ1) is 11.8. The van der Waals surface area contributed by atoms with E-state index >= 15 is 0 Å². The molecule has 2 aromatic rings. The van der Waals surface area contributed by atoms with E-state index in [-0.39, 0.29) is 0 Å². The second kappa shape index (κ2) is 6.65. The molecule has 5 nitrogen and oxygen atoms in total. The van der Waals surface area contributed by atoms with Gasteiger partial charge in [-0.2, -0.15) is 5.10 Å². The molecule has 6 heteroatoms. The molecule has 24 heavy (non-hydrogen) atoms. The highest BCUT2D eigenvalue weighted by atomic mass is 35.5. The van der Waals surface area contributed by atoms with E-state index in [2.05, 4.69) is 22.0 Å². The number of aryl methyl sites for hydroxylation is 1. The van der Waals surface area contributed by atoms with Crippen molar-refractivity contribution in [2.24, 2.45) is 0 Å². The molecule has 128 valence electrons. The number of aromatic nitrogens is 2. The van der Waals surface area contributed by atoms with Crippen molar-refractivity contribution < 1.29 is 9.47 Å². The Kier molecular flexibility index (Phi) is 4.37. The van der Waals surface area contributed by atoms with Crippen molar-refractivity contribution >= 4 is 11.6 Å². The Morgan fingerprint density at radius 3 is 3.08 bits per heavy atom. The molecule has 2 aliphatic rings. The summed E-state index contributed by atoms with van der Waals surface area (Å²) in [6.45, 7) is 4.94. The maximum Gasteiger partial charge on any atom is 0.179 e. The van der Waals surface area contributed by atoms with Crippen molar-refractivity contribution in [2.45, 2.75) is 45.3 Å². The Morgan fingerprint density at radius 1 is 1.33 bits per heavy atom. The standard InChI is InChI=1S/C18H22ClN3O2/c1-2-22-16-5-3-4-15(13(16)11-21-22)20-10-12-8-14(19)18-17(9-12)23-6-7-24-18/h8-9,11,15,20H,2-7,10H2,1H3/t15-/m1/s1. The molecule has 0 radical (unpaired) electrons. The Hall–Kier alpha value is -1.72. The fraction of sp³-hybridized carbons (Fsp3) is 0.500. The van der Waals surface area contributed by atoms with E-state index in [1.54, 1.807) is 0 Å². The number of halogens is 1. The molecule has 2 heterocycles. The van der Waals surface area contributed by atoms with Crippen LogP contribution < -0.4 is 14.8 Å². The number of rotatable bonds is 4. The van der Waals surface area contributed by atoms with Crippen LogP contribution in [0.5, 0.6) is 11.5 Å². The number of fused-ring (bicyclic) bond motifs is 2. The van der Waals surface area contributed by atoms with E-state index in [9.17, 15) is 0 Å². The van der Waals surface area contributed by atoms with Crippen LogP contribution >= 0.6 is 11.6 Å². The molecule has 1 aliphatic heterocycles. The molecule has 0 amide bonds. The molecule has 1 aliphatic carbocycles. The smallest absolute Gasteiger partial charge is 0.179 e. The molecule has 0 fully saturated rings. The summed E-state index contributed by atoms with van der Waals surface area (Å²) in [5, 5.41) is 8.79. The van der Waals surface area contributed by atoms with Gasteiger partial charge < -0.3 is 14.8 Å². The van der Waals surface area contributed by atoms with Crippen LogP contribution in [0.4, 0.5) is 0 Å². The average Bonchev–Trinajstić information content (AvgIpc) is 3.04. The third-order valence-electron chi connectivity index (χ3n) is 4.77. The lowest BCUT2D eigenvalue weighted by Crippen LogP contribution is -2.25. The molecule has 1 N–H and O–H groups in total. The third kappa shape index (κ3) is 2.87. The zero-order chi connectivity index (χ0) is 16.5. The Labute approximate surface area is 146 Å². The maximum absolute atomic E-state index is 6.33.